The molecule has 1 amide bonds. The summed E-state index contributed by atoms with van der Waals surface area (Å²) in [4.78, 5) is 18.7. The molecule has 0 saturated carbocycles. The molecule has 24 heavy (non-hydrogen) atoms. The Morgan fingerprint density at radius 3 is 2.75 bits per heavy atom. The number of benzene rings is 1. The second kappa shape index (κ2) is 7.55. The van der Waals surface area contributed by atoms with Gasteiger partial charge in [-0.15, -0.1) is 0 Å². The molecule has 0 atom stereocenters. The van der Waals surface area contributed by atoms with E-state index in [9.17, 15) is 18.0 Å². The predicted molar refractivity (Wildman–Crippen MR) is 87.2 cm³/mol. The number of hydrogen-bond acceptors (Lipinski definition) is 2. The molecule has 0 spiro atoms. The Kier molecular flexibility index (Phi) is 5.69. The number of carbonyl (C=O) groups excluding carboxylic acids is 1. The Labute approximate surface area is 139 Å². The zero-order chi connectivity index (χ0) is 17.7. The highest BCUT2D eigenvalue weighted by Crippen LogP contribution is 2.27. The van der Waals surface area contributed by atoms with E-state index in [1.54, 1.807) is 0 Å². The number of guanidine groups is 1. The molecule has 0 aromatic heterocycles. The molecule has 132 valence electrons. The van der Waals surface area contributed by atoms with Gasteiger partial charge in [0.15, 0.2) is 5.96 Å². The van der Waals surface area contributed by atoms with E-state index in [4.69, 9.17) is 0 Å². The standard InChI is InChI=1S/C16H21F3N4O/c1-3-20-15(21-10-14(24)22(2)11-16(17,18)19)23-9-8-12-6-4-5-7-13(12)23/h4-7H,3,8-11H2,1-2H3,(H,20,21). The van der Waals surface area contributed by atoms with Gasteiger partial charge in [-0.05, 0) is 25.0 Å². The summed E-state index contributed by atoms with van der Waals surface area (Å²) in [5, 5.41) is 3.09. The van der Waals surface area contributed by atoms with Crippen LogP contribution in [0.3, 0.4) is 0 Å². The number of alkyl halides is 3. The molecule has 1 N–H and O–H groups in total. The van der Waals surface area contributed by atoms with Crippen molar-refractivity contribution < 1.29 is 18.0 Å². The van der Waals surface area contributed by atoms with E-state index in [0.29, 0.717) is 17.4 Å². The minimum absolute atomic E-state index is 0.326. The van der Waals surface area contributed by atoms with E-state index in [1.807, 2.05) is 36.1 Å². The zero-order valence-electron chi connectivity index (χ0n) is 13.7. The summed E-state index contributed by atoms with van der Waals surface area (Å²) in [6.45, 7) is 1.62. The average Bonchev–Trinajstić information content (AvgIpc) is 2.93. The highest BCUT2D eigenvalue weighted by atomic mass is 19.4. The monoisotopic (exact) mass is 342 g/mol. The van der Waals surface area contributed by atoms with E-state index < -0.39 is 18.6 Å². The van der Waals surface area contributed by atoms with Crippen molar-refractivity contribution in [1.82, 2.24) is 10.2 Å². The third kappa shape index (κ3) is 4.62. The fourth-order valence-corrected chi connectivity index (χ4v) is 2.57. The van der Waals surface area contributed by atoms with Gasteiger partial charge in [-0.25, -0.2) is 4.99 Å². The van der Waals surface area contributed by atoms with Crippen LogP contribution in [-0.4, -0.2) is 56.2 Å². The molecule has 8 heteroatoms. The molecule has 1 aliphatic heterocycles. The number of hydrogen-bond donors (Lipinski definition) is 1. The van der Waals surface area contributed by atoms with Crippen molar-refractivity contribution in [3.8, 4) is 0 Å². The van der Waals surface area contributed by atoms with Crippen molar-refractivity contribution in [3.05, 3.63) is 29.8 Å². The lowest BCUT2D eigenvalue weighted by Crippen LogP contribution is -2.42. The number of para-hydroxylation sites is 1. The molecule has 0 unspecified atom stereocenters. The van der Waals surface area contributed by atoms with E-state index in [2.05, 4.69) is 10.3 Å². The summed E-state index contributed by atoms with van der Waals surface area (Å²) < 4.78 is 37.0. The van der Waals surface area contributed by atoms with Gasteiger partial charge in [-0.1, -0.05) is 18.2 Å². The highest BCUT2D eigenvalue weighted by molar-refractivity contribution is 5.99. The van der Waals surface area contributed by atoms with Crippen molar-refractivity contribution in [2.75, 3.05) is 38.1 Å². The van der Waals surface area contributed by atoms with Crippen LogP contribution in [0.2, 0.25) is 0 Å². The molecule has 1 aliphatic rings. The van der Waals surface area contributed by atoms with E-state index in [0.717, 1.165) is 25.7 Å². The lowest BCUT2D eigenvalue weighted by Gasteiger charge is -2.23. The second-order valence-electron chi connectivity index (χ2n) is 5.57. The number of nitrogens with zero attached hydrogens (tertiary/aromatic N) is 3. The van der Waals surface area contributed by atoms with E-state index in [-0.39, 0.29) is 6.54 Å². The molecule has 0 saturated heterocycles. The van der Waals surface area contributed by atoms with E-state index >= 15 is 0 Å². The highest BCUT2D eigenvalue weighted by Gasteiger charge is 2.31. The molecular weight excluding hydrogens is 321 g/mol. The second-order valence-corrected chi connectivity index (χ2v) is 5.57. The molecule has 0 aliphatic carbocycles. The molecule has 0 bridgehead atoms. The van der Waals surface area contributed by atoms with Crippen LogP contribution in [0.25, 0.3) is 0 Å². The summed E-state index contributed by atoms with van der Waals surface area (Å²) in [7, 11) is 1.13. The minimum atomic E-state index is -4.41. The van der Waals surface area contributed by atoms with Gasteiger partial charge in [0.2, 0.25) is 5.91 Å². The Bertz CT molecular complexity index is 616. The molecule has 0 radical (unpaired) electrons. The maximum atomic E-state index is 12.3. The number of likely N-dealkylation sites (N-methyl/N-ethyl adjacent to an activating group) is 1. The van der Waals surface area contributed by atoms with Gasteiger partial charge in [-0.3, -0.25) is 4.79 Å². The molecule has 1 aromatic carbocycles. The van der Waals surface area contributed by atoms with Crippen LogP contribution in [-0.2, 0) is 11.2 Å². The van der Waals surface area contributed by atoms with Crippen molar-refractivity contribution in [3.63, 3.8) is 0 Å². The van der Waals surface area contributed by atoms with Crippen molar-refractivity contribution >= 4 is 17.6 Å². The van der Waals surface area contributed by atoms with Gasteiger partial charge >= 0.3 is 6.18 Å². The first-order valence-electron chi connectivity index (χ1n) is 7.76. The van der Waals surface area contributed by atoms with Gasteiger partial charge < -0.3 is 15.1 Å². The zero-order valence-corrected chi connectivity index (χ0v) is 13.7. The van der Waals surface area contributed by atoms with Gasteiger partial charge in [0.1, 0.15) is 13.1 Å². The molecule has 5 nitrogen and oxygen atoms in total. The smallest absolute Gasteiger partial charge is 0.356 e. The van der Waals surface area contributed by atoms with Crippen LogP contribution < -0.4 is 10.2 Å². The number of carbonyl (C=O) groups is 1. The quantitative estimate of drug-likeness (QED) is 0.673. The molecule has 2 rings (SSSR count). The fourth-order valence-electron chi connectivity index (χ4n) is 2.57. The largest absolute Gasteiger partial charge is 0.406 e. The Hall–Kier alpha value is -2.25. The molecular formula is C16H21F3N4O. The van der Waals surface area contributed by atoms with Crippen LogP contribution >= 0.6 is 0 Å². The van der Waals surface area contributed by atoms with Crippen molar-refractivity contribution in [2.45, 2.75) is 19.5 Å². The number of halogens is 3. The Balaban J connectivity index is 2.08. The summed E-state index contributed by atoms with van der Waals surface area (Å²) in [6.07, 6.45) is -3.55. The first-order chi connectivity index (χ1) is 11.3. The van der Waals surface area contributed by atoms with Crippen LogP contribution in [0, 0.1) is 0 Å². The SMILES string of the molecule is CCNC(=NCC(=O)N(C)CC(F)(F)F)N1CCc2ccccc21. The lowest BCUT2D eigenvalue weighted by molar-refractivity contribution is -0.157. The maximum absolute atomic E-state index is 12.3. The molecule has 1 heterocycles. The van der Waals surface area contributed by atoms with Crippen molar-refractivity contribution in [2.24, 2.45) is 4.99 Å². The van der Waals surface area contributed by atoms with Crippen LogP contribution in [0.5, 0.6) is 0 Å². The van der Waals surface area contributed by atoms with Gasteiger partial charge in [0, 0.05) is 25.8 Å². The van der Waals surface area contributed by atoms with Crippen LogP contribution in [0.4, 0.5) is 18.9 Å². The van der Waals surface area contributed by atoms with Crippen LogP contribution in [0.15, 0.2) is 29.3 Å². The summed E-state index contributed by atoms with van der Waals surface area (Å²) >= 11 is 0. The third-order valence-electron chi connectivity index (χ3n) is 3.68. The van der Waals surface area contributed by atoms with Crippen molar-refractivity contribution in [1.29, 1.82) is 0 Å². The number of amides is 1. The van der Waals surface area contributed by atoms with E-state index in [1.165, 1.54) is 5.56 Å². The molecule has 1 aromatic rings. The Morgan fingerprint density at radius 2 is 2.08 bits per heavy atom. The van der Waals surface area contributed by atoms with Crippen LogP contribution in [0.1, 0.15) is 12.5 Å². The first kappa shape index (κ1) is 18.1. The summed E-state index contributed by atoms with van der Waals surface area (Å²) in [5.41, 5.74) is 2.19. The minimum Gasteiger partial charge on any atom is -0.356 e. The summed E-state index contributed by atoms with van der Waals surface area (Å²) in [5.74, 6) is -0.161. The number of aliphatic imine (C=N–C) groups is 1. The lowest BCUT2D eigenvalue weighted by atomic mass is 10.2. The first-order valence-corrected chi connectivity index (χ1v) is 7.76. The summed E-state index contributed by atoms with van der Waals surface area (Å²) in [6, 6.07) is 7.87. The topological polar surface area (TPSA) is 47.9 Å². The van der Waals surface area contributed by atoms with Gasteiger partial charge in [-0.2, -0.15) is 13.2 Å². The number of rotatable bonds is 4. The Morgan fingerprint density at radius 1 is 1.38 bits per heavy atom. The predicted octanol–water partition coefficient (Wildman–Crippen LogP) is 2.04. The number of fused-ring (bicyclic) bond motifs is 1. The van der Waals surface area contributed by atoms with Gasteiger partial charge in [0.05, 0.1) is 0 Å². The molecule has 0 fully saturated rings. The average molecular weight is 342 g/mol. The number of anilines is 1. The number of nitrogens with one attached hydrogen (secondary N) is 1. The normalized spacial score (nSPS) is 14.5. The fraction of sp³-hybridized carbons (Fsp3) is 0.500. The van der Waals surface area contributed by atoms with Gasteiger partial charge in [0.25, 0.3) is 0 Å². The third-order valence-corrected chi connectivity index (χ3v) is 3.68. The maximum Gasteiger partial charge on any atom is 0.406 e.